The highest BCUT2D eigenvalue weighted by molar-refractivity contribution is 7.89. The second-order valence-corrected chi connectivity index (χ2v) is 5.75. The largest absolute Gasteiger partial charge is 0.284 e. The molecule has 0 saturated heterocycles. The molecule has 1 heterocycles. The number of nitrogens with zero attached hydrogens (tertiary/aromatic N) is 1. The second kappa shape index (κ2) is 5.51. The standard InChI is InChI=1S/C11H12ClN3O2S/c12-5-9-2-1-3-10(4-9)6-15-18(16,17)11-7-13-14-8-11/h1-4,7-8,15H,5-6H2,(H,13,14). The number of benzene rings is 1. The summed E-state index contributed by atoms with van der Waals surface area (Å²) in [4.78, 5) is 0.121. The fourth-order valence-corrected chi connectivity index (χ4v) is 2.56. The van der Waals surface area contributed by atoms with Crippen molar-refractivity contribution in [3.05, 3.63) is 47.8 Å². The van der Waals surface area contributed by atoms with E-state index in [0.29, 0.717) is 5.88 Å². The van der Waals surface area contributed by atoms with Crippen molar-refractivity contribution in [2.24, 2.45) is 0 Å². The van der Waals surface area contributed by atoms with Gasteiger partial charge < -0.3 is 0 Å². The third-order valence-electron chi connectivity index (χ3n) is 2.40. The van der Waals surface area contributed by atoms with Crippen LogP contribution in [0.4, 0.5) is 0 Å². The van der Waals surface area contributed by atoms with Crippen LogP contribution in [0.25, 0.3) is 0 Å². The molecule has 0 amide bonds. The summed E-state index contributed by atoms with van der Waals surface area (Å²) in [5.74, 6) is 0.405. The Morgan fingerprint density at radius 1 is 1.33 bits per heavy atom. The number of hydrogen-bond acceptors (Lipinski definition) is 3. The molecule has 1 aromatic carbocycles. The number of sulfonamides is 1. The number of hydrogen-bond donors (Lipinski definition) is 2. The van der Waals surface area contributed by atoms with Gasteiger partial charge in [-0.25, -0.2) is 13.1 Å². The van der Waals surface area contributed by atoms with Crippen molar-refractivity contribution < 1.29 is 8.42 Å². The first-order valence-corrected chi connectivity index (χ1v) is 7.26. The van der Waals surface area contributed by atoms with E-state index in [1.54, 1.807) is 0 Å². The summed E-state index contributed by atoms with van der Waals surface area (Å²) in [6.07, 6.45) is 2.59. The molecule has 0 spiro atoms. The maximum absolute atomic E-state index is 11.8. The van der Waals surface area contributed by atoms with E-state index in [1.807, 2.05) is 24.3 Å². The van der Waals surface area contributed by atoms with Crippen molar-refractivity contribution in [2.45, 2.75) is 17.3 Å². The van der Waals surface area contributed by atoms with Crippen molar-refractivity contribution >= 4 is 21.6 Å². The van der Waals surface area contributed by atoms with Gasteiger partial charge in [-0.3, -0.25) is 5.10 Å². The Labute approximate surface area is 110 Å². The second-order valence-electron chi connectivity index (χ2n) is 3.71. The van der Waals surface area contributed by atoms with Gasteiger partial charge in [-0.05, 0) is 11.1 Å². The van der Waals surface area contributed by atoms with Crippen LogP contribution in [0.15, 0.2) is 41.6 Å². The van der Waals surface area contributed by atoms with Gasteiger partial charge in [0.1, 0.15) is 4.90 Å². The Kier molecular flexibility index (Phi) is 4.00. The quantitative estimate of drug-likeness (QED) is 0.820. The zero-order valence-corrected chi connectivity index (χ0v) is 11.0. The van der Waals surface area contributed by atoms with Gasteiger partial charge in [0, 0.05) is 18.6 Å². The molecular formula is C11H12ClN3O2S. The lowest BCUT2D eigenvalue weighted by Crippen LogP contribution is -2.22. The number of aromatic amines is 1. The lowest BCUT2D eigenvalue weighted by Gasteiger charge is -2.05. The van der Waals surface area contributed by atoms with E-state index in [0.717, 1.165) is 11.1 Å². The van der Waals surface area contributed by atoms with E-state index in [9.17, 15) is 8.42 Å². The Hall–Kier alpha value is -1.37. The molecule has 0 saturated carbocycles. The minimum absolute atomic E-state index is 0.121. The molecule has 18 heavy (non-hydrogen) atoms. The van der Waals surface area contributed by atoms with Crippen molar-refractivity contribution in [3.8, 4) is 0 Å². The van der Waals surface area contributed by atoms with Gasteiger partial charge >= 0.3 is 0 Å². The Bertz CT molecular complexity index is 611. The molecule has 5 nitrogen and oxygen atoms in total. The van der Waals surface area contributed by atoms with Gasteiger partial charge in [-0.2, -0.15) is 5.10 Å². The third kappa shape index (κ3) is 3.10. The highest BCUT2D eigenvalue weighted by Crippen LogP contribution is 2.10. The average Bonchev–Trinajstić information content (AvgIpc) is 2.91. The van der Waals surface area contributed by atoms with E-state index in [-0.39, 0.29) is 11.4 Å². The zero-order valence-electron chi connectivity index (χ0n) is 9.43. The Morgan fingerprint density at radius 2 is 2.11 bits per heavy atom. The molecular weight excluding hydrogens is 274 g/mol. The van der Waals surface area contributed by atoms with Crippen LogP contribution in [-0.2, 0) is 22.4 Å². The first-order valence-electron chi connectivity index (χ1n) is 5.24. The van der Waals surface area contributed by atoms with Gasteiger partial charge in [-0.1, -0.05) is 24.3 Å². The van der Waals surface area contributed by atoms with Crippen LogP contribution < -0.4 is 4.72 Å². The molecule has 2 rings (SSSR count). The van der Waals surface area contributed by atoms with Crippen LogP contribution >= 0.6 is 11.6 Å². The summed E-state index contributed by atoms with van der Waals surface area (Å²) in [6, 6.07) is 7.44. The average molecular weight is 286 g/mol. The van der Waals surface area contributed by atoms with Gasteiger partial charge in [0.25, 0.3) is 0 Å². The van der Waals surface area contributed by atoms with Crippen LogP contribution in [0.5, 0.6) is 0 Å². The highest BCUT2D eigenvalue weighted by Gasteiger charge is 2.14. The smallest absolute Gasteiger partial charge is 0.243 e. The van der Waals surface area contributed by atoms with E-state index in [4.69, 9.17) is 11.6 Å². The lowest BCUT2D eigenvalue weighted by molar-refractivity contribution is 0.581. The van der Waals surface area contributed by atoms with Crippen LogP contribution in [-0.4, -0.2) is 18.6 Å². The van der Waals surface area contributed by atoms with Gasteiger partial charge in [0.2, 0.25) is 10.0 Å². The molecule has 2 N–H and O–H groups in total. The fraction of sp³-hybridized carbons (Fsp3) is 0.182. The van der Waals surface area contributed by atoms with Crippen LogP contribution in [0.1, 0.15) is 11.1 Å². The van der Waals surface area contributed by atoms with Crippen molar-refractivity contribution in [1.29, 1.82) is 0 Å². The zero-order chi connectivity index (χ0) is 13.0. The minimum atomic E-state index is -3.51. The summed E-state index contributed by atoms with van der Waals surface area (Å²) < 4.78 is 26.1. The minimum Gasteiger partial charge on any atom is -0.284 e. The SMILES string of the molecule is O=S(=O)(NCc1cccc(CCl)c1)c1cn[nH]c1. The summed E-state index contributed by atoms with van der Waals surface area (Å²) in [5, 5.41) is 6.07. The maximum atomic E-state index is 11.8. The van der Waals surface area contributed by atoms with E-state index in [1.165, 1.54) is 12.4 Å². The van der Waals surface area contributed by atoms with Crippen molar-refractivity contribution in [1.82, 2.24) is 14.9 Å². The maximum Gasteiger partial charge on any atom is 0.243 e. The number of nitrogens with one attached hydrogen (secondary N) is 2. The lowest BCUT2D eigenvalue weighted by atomic mass is 10.1. The van der Waals surface area contributed by atoms with E-state index in [2.05, 4.69) is 14.9 Å². The summed E-state index contributed by atoms with van der Waals surface area (Å²) in [5.41, 5.74) is 1.82. The van der Waals surface area contributed by atoms with Crippen LogP contribution in [0.2, 0.25) is 0 Å². The topological polar surface area (TPSA) is 74.8 Å². The van der Waals surface area contributed by atoms with E-state index < -0.39 is 10.0 Å². The van der Waals surface area contributed by atoms with Crippen LogP contribution in [0.3, 0.4) is 0 Å². The van der Waals surface area contributed by atoms with Gasteiger partial charge in [0.05, 0.1) is 6.20 Å². The normalized spacial score (nSPS) is 11.6. The number of halogens is 1. The molecule has 1 aromatic heterocycles. The third-order valence-corrected chi connectivity index (χ3v) is 4.07. The highest BCUT2D eigenvalue weighted by atomic mass is 35.5. The van der Waals surface area contributed by atoms with Gasteiger partial charge in [0.15, 0.2) is 0 Å². The molecule has 2 aromatic rings. The number of aromatic nitrogens is 2. The predicted octanol–water partition coefficient (Wildman–Crippen LogP) is 1.63. The molecule has 96 valence electrons. The first-order chi connectivity index (χ1) is 8.62. The molecule has 0 fully saturated rings. The molecule has 0 aliphatic carbocycles. The molecule has 0 aliphatic rings. The fourth-order valence-electron chi connectivity index (χ4n) is 1.47. The first kappa shape index (κ1) is 13.1. The number of rotatable bonds is 5. The van der Waals surface area contributed by atoms with Crippen molar-refractivity contribution in [3.63, 3.8) is 0 Å². The predicted molar refractivity (Wildman–Crippen MR) is 68.6 cm³/mol. The molecule has 0 aliphatic heterocycles. The summed E-state index contributed by atoms with van der Waals surface area (Å²) in [6.45, 7) is 0.220. The number of H-pyrrole nitrogens is 1. The Morgan fingerprint density at radius 3 is 2.78 bits per heavy atom. The monoisotopic (exact) mass is 285 g/mol. The summed E-state index contributed by atoms with van der Waals surface area (Å²) >= 11 is 5.72. The van der Waals surface area contributed by atoms with Gasteiger partial charge in [-0.15, -0.1) is 11.6 Å². The molecule has 7 heteroatoms. The molecule has 0 radical (unpaired) electrons. The van der Waals surface area contributed by atoms with E-state index >= 15 is 0 Å². The molecule has 0 atom stereocenters. The van der Waals surface area contributed by atoms with Crippen molar-refractivity contribution in [2.75, 3.05) is 0 Å². The Balaban J connectivity index is 2.07. The van der Waals surface area contributed by atoms with Crippen LogP contribution in [0, 0.1) is 0 Å². The molecule has 0 bridgehead atoms. The molecule has 0 unspecified atom stereocenters. The number of alkyl halides is 1. The summed E-state index contributed by atoms with van der Waals surface area (Å²) in [7, 11) is -3.51.